The van der Waals surface area contributed by atoms with Crippen LogP contribution in [0.1, 0.15) is 18.9 Å². The van der Waals surface area contributed by atoms with Gasteiger partial charge in [-0.25, -0.2) is 0 Å². The molecule has 1 aliphatic heterocycles. The lowest BCUT2D eigenvalue weighted by atomic mass is 10.1. The lowest BCUT2D eigenvalue weighted by molar-refractivity contribution is -0.297. The first-order valence-corrected chi connectivity index (χ1v) is 7.62. The van der Waals surface area contributed by atoms with E-state index in [4.69, 9.17) is 0 Å². The highest BCUT2D eigenvalue weighted by Gasteiger charge is 2.19. The van der Waals surface area contributed by atoms with Crippen molar-refractivity contribution >= 4 is 17.6 Å². The van der Waals surface area contributed by atoms with E-state index in [9.17, 15) is 14.7 Å². The van der Waals surface area contributed by atoms with Gasteiger partial charge in [0, 0.05) is 37.9 Å². The quantitative estimate of drug-likeness (QED) is 0.747. The summed E-state index contributed by atoms with van der Waals surface area (Å²) in [5.41, 5.74) is 2.50. The number of nitrogens with zero attached hydrogens (tertiary/aromatic N) is 2. The number of aliphatic carboxylic acids is 1. The molecule has 0 saturated carbocycles. The van der Waals surface area contributed by atoms with Crippen molar-refractivity contribution in [3.8, 4) is 0 Å². The van der Waals surface area contributed by atoms with E-state index in [0.717, 1.165) is 43.8 Å². The molecule has 22 heavy (non-hydrogen) atoms. The molecule has 0 aliphatic carbocycles. The van der Waals surface area contributed by atoms with Crippen LogP contribution in [0.2, 0.25) is 0 Å². The van der Waals surface area contributed by atoms with Crippen molar-refractivity contribution in [3.05, 3.63) is 42.0 Å². The number of anilines is 1. The molecule has 0 aromatic heterocycles. The summed E-state index contributed by atoms with van der Waals surface area (Å²) in [6.07, 6.45) is 4.07. The molecule has 1 aliphatic rings. The number of aryl methyl sites for hydroxylation is 1. The molecule has 5 nitrogen and oxygen atoms in total. The van der Waals surface area contributed by atoms with Gasteiger partial charge in [0.25, 0.3) is 0 Å². The summed E-state index contributed by atoms with van der Waals surface area (Å²) in [6, 6.07) is 8.55. The van der Waals surface area contributed by atoms with Gasteiger partial charge in [-0.05, 0) is 30.2 Å². The Labute approximate surface area is 130 Å². The molecule has 1 aromatic carbocycles. The summed E-state index contributed by atoms with van der Waals surface area (Å²) < 4.78 is 0. The first-order valence-electron chi connectivity index (χ1n) is 7.62. The Morgan fingerprint density at radius 2 is 1.73 bits per heavy atom. The third-order valence-electron chi connectivity index (χ3n) is 3.79. The lowest BCUT2D eigenvalue weighted by Crippen LogP contribution is -2.48. The standard InChI is InChI=1S/C17H22N2O3/c1-2-3-14-4-6-15(7-5-14)18-10-12-19(13-11-18)16(20)8-9-17(21)22/h4-9H,2-3,10-13H2,1H3,(H,21,22)/p-1/b9-8+. The minimum atomic E-state index is -1.35. The van der Waals surface area contributed by atoms with Crippen molar-refractivity contribution < 1.29 is 14.7 Å². The number of carbonyl (C=O) groups is 2. The highest BCUT2D eigenvalue weighted by Crippen LogP contribution is 2.18. The van der Waals surface area contributed by atoms with E-state index in [1.54, 1.807) is 4.90 Å². The van der Waals surface area contributed by atoms with E-state index in [1.807, 2.05) is 0 Å². The van der Waals surface area contributed by atoms with Crippen LogP contribution in [0.25, 0.3) is 0 Å². The molecule has 0 unspecified atom stereocenters. The van der Waals surface area contributed by atoms with E-state index in [-0.39, 0.29) is 5.91 Å². The van der Waals surface area contributed by atoms with Gasteiger partial charge in [-0.1, -0.05) is 25.5 Å². The Kier molecular flexibility index (Phi) is 5.58. The maximum atomic E-state index is 11.8. The Hall–Kier alpha value is -2.30. The maximum absolute atomic E-state index is 11.8. The Balaban J connectivity index is 1.88. The van der Waals surface area contributed by atoms with Crippen molar-refractivity contribution in [2.45, 2.75) is 19.8 Å². The average Bonchev–Trinajstić information content (AvgIpc) is 2.54. The molecule has 5 heteroatoms. The molecule has 1 heterocycles. The fourth-order valence-electron chi connectivity index (χ4n) is 2.59. The van der Waals surface area contributed by atoms with Crippen LogP contribution < -0.4 is 10.0 Å². The Bertz CT molecular complexity index is 544. The topological polar surface area (TPSA) is 63.7 Å². The third-order valence-corrected chi connectivity index (χ3v) is 3.79. The molecule has 0 bridgehead atoms. The SMILES string of the molecule is CCCc1ccc(N2CCN(C(=O)/C=C/C(=O)[O-])CC2)cc1. The van der Waals surface area contributed by atoms with Gasteiger partial charge >= 0.3 is 0 Å². The van der Waals surface area contributed by atoms with Gasteiger partial charge in [0.2, 0.25) is 5.91 Å². The summed E-state index contributed by atoms with van der Waals surface area (Å²) in [5.74, 6) is -1.62. The van der Waals surface area contributed by atoms with E-state index in [1.165, 1.54) is 5.56 Å². The van der Waals surface area contributed by atoms with Crippen LogP contribution in [0.4, 0.5) is 5.69 Å². The predicted octanol–water partition coefficient (Wildman–Crippen LogP) is 0.594. The van der Waals surface area contributed by atoms with Crippen LogP contribution in [0, 0.1) is 0 Å². The normalized spacial score (nSPS) is 15.3. The molecule has 0 radical (unpaired) electrons. The van der Waals surface area contributed by atoms with Crippen molar-refractivity contribution in [1.82, 2.24) is 4.90 Å². The van der Waals surface area contributed by atoms with Gasteiger partial charge in [0.1, 0.15) is 0 Å². The van der Waals surface area contributed by atoms with Crippen LogP contribution in [-0.2, 0) is 16.0 Å². The minimum Gasteiger partial charge on any atom is -0.545 e. The van der Waals surface area contributed by atoms with Gasteiger partial charge in [-0.2, -0.15) is 0 Å². The lowest BCUT2D eigenvalue weighted by Gasteiger charge is -2.35. The summed E-state index contributed by atoms with van der Waals surface area (Å²) in [5, 5.41) is 10.3. The predicted molar refractivity (Wildman–Crippen MR) is 83.4 cm³/mol. The van der Waals surface area contributed by atoms with E-state index < -0.39 is 5.97 Å². The van der Waals surface area contributed by atoms with Crippen molar-refractivity contribution in [2.24, 2.45) is 0 Å². The highest BCUT2D eigenvalue weighted by atomic mass is 16.4. The number of amides is 1. The Morgan fingerprint density at radius 3 is 2.27 bits per heavy atom. The zero-order valence-electron chi connectivity index (χ0n) is 12.8. The first-order chi connectivity index (χ1) is 10.6. The molecule has 0 N–H and O–H groups in total. The second-order valence-corrected chi connectivity index (χ2v) is 5.38. The minimum absolute atomic E-state index is 0.276. The molecular formula is C17H21N2O3-. The number of hydrogen-bond donors (Lipinski definition) is 0. The summed E-state index contributed by atoms with van der Waals surface area (Å²) in [6.45, 7) is 4.84. The summed E-state index contributed by atoms with van der Waals surface area (Å²) in [7, 11) is 0. The van der Waals surface area contributed by atoms with E-state index >= 15 is 0 Å². The molecule has 1 saturated heterocycles. The highest BCUT2D eigenvalue weighted by molar-refractivity contribution is 5.93. The summed E-state index contributed by atoms with van der Waals surface area (Å²) in [4.78, 5) is 26.0. The largest absolute Gasteiger partial charge is 0.545 e. The van der Waals surface area contributed by atoms with Crippen LogP contribution in [0.5, 0.6) is 0 Å². The van der Waals surface area contributed by atoms with Crippen molar-refractivity contribution in [2.75, 3.05) is 31.1 Å². The number of hydrogen-bond acceptors (Lipinski definition) is 4. The van der Waals surface area contributed by atoms with Crippen LogP contribution in [0.15, 0.2) is 36.4 Å². The molecule has 0 atom stereocenters. The third kappa shape index (κ3) is 4.35. The molecule has 1 aromatic rings. The van der Waals surface area contributed by atoms with Crippen LogP contribution in [-0.4, -0.2) is 43.0 Å². The van der Waals surface area contributed by atoms with E-state index in [0.29, 0.717) is 13.1 Å². The van der Waals surface area contributed by atoms with Crippen molar-refractivity contribution in [3.63, 3.8) is 0 Å². The van der Waals surface area contributed by atoms with Crippen LogP contribution >= 0.6 is 0 Å². The molecule has 2 rings (SSSR count). The van der Waals surface area contributed by atoms with Crippen molar-refractivity contribution in [1.29, 1.82) is 0 Å². The van der Waals surface area contributed by atoms with Gasteiger partial charge < -0.3 is 19.7 Å². The number of carbonyl (C=O) groups excluding carboxylic acids is 2. The number of rotatable bonds is 5. The molecule has 1 amide bonds. The fourth-order valence-corrected chi connectivity index (χ4v) is 2.59. The molecular weight excluding hydrogens is 280 g/mol. The first kappa shape index (κ1) is 16.1. The second-order valence-electron chi connectivity index (χ2n) is 5.38. The van der Waals surface area contributed by atoms with Gasteiger partial charge in [-0.3, -0.25) is 4.79 Å². The number of carboxylic acid groups (broad SMARTS) is 1. The Morgan fingerprint density at radius 1 is 1.09 bits per heavy atom. The fraction of sp³-hybridized carbons (Fsp3) is 0.412. The second kappa shape index (κ2) is 7.64. The number of piperazine rings is 1. The average molecular weight is 301 g/mol. The monoisotopic (exact) mass is 301 g/mol. The zero-order chi connectivity index (χ0) is 15.9. The van der Waals surface area contributed by atoms with Crippen LogP contribution in [0.3, 0.4) is 0 Å². The number of carboxylic acids is 1. The van der Waals surface area contributed by atoms with Gasteiger partial charge in [0.15, 0.2) is 0 Å². The molecule has 118 valence electrons. The van der Waals surface area contributed by atoms with Gasteiger partial charge in [-0.15, -0.1) is 0 Å². The number of benzene rings is 1. The summed E-state index contributed by atoms with van der Waals surface area (Å²) >= 11 is 0. The van der Waals surface area contributed by atoms with E-state index in [2.05, 4.69) is 36.1 Å². The van der Waals surface area contributed by atoms with Gasteiger partial charge in [0.05, 0.1) is 5.97 Å². The smallest absolute Gasteiger partial charge is 0.246 e. The molecule has 1 fully saturated rings. The maximum Gasteiger partial charge on any atom is 0.246 e. The zero-order valence-corrected chi connectivity index (χ0v) is 12.8. The molecule has 0 spiro atoms.